The van der Waals surface area contributed by atoms with E-state index in [0.717, 1.165) is 64.9 Å². The maximum Gasteiger partial charge on any atom is 0.115 e. The summed E-state index contributed by atoms with van der Waals surface area (Å²) >= 11 is 0. The lowest BCUT2D eigenvalue weighted by Gasteiger charge is -2.35. The van der Waals surface area contributed by atoms with E-state index in [-0.39, 0.29) is 11.5 Å². The SMILES string of the molecule is CN1CCOC(Cn2ccnc2C(C)(C)CN2CCOCC2)C1. The van der Waals surface area contributed by atoms with Crippen molar-refractivity contribution in [3.05, 3.63) is 18.2 Å². The summed E-state index contributed by atoms with van der Waals surface area (Å²) in [6.07, 6.45) is 4.26. The van der Waals surface area contributed by atoms with Gasteiger partial charge in [-0.15, -0.1) is 0 Å². The van der Waals surface area contributed by atoms with Crippen molar-refractivity contribution in [1.29, 1.82) is 0 Å². The van der Waals surface area contributed by atoms with Crippen molar-refractivity contribution in [2.75, 3.05) is 59.6 Å². The summed E-state index contributed by atoms with van der Waals surface area (Å²) in [5.74, 6) is 1.15. The van der Waals surface area contributed by atoms with Crippen molar-refractivity contribution in [2.24, 2.45) is 0 Å². The minimum atomic E-state index is 0.0153. The maximum atomic E-state index is 5.92. The van der Waals surface area contributed by atoms with Crippen LogP contribution < -0.4 is 0 Å². The van der Waals surface area contributed by atoms with Gasteiger partial charge in [0.15, 0.2) is 0 Å². The first-order chi connectivity index (χ1) is 11.0. The lowest BCUT2D eigenvalue weighted by Crippen LogP contribution is -2.45. The van der Waals surface area contributed by atoms with Gasteiger partial charge in [-0.05, 0) is 7.05 Å². The third-order valence-electron chi connectivity index (χ3n) is 4.79. The van der Waals surface area contributed by atoms with E-state index in [2.05, 4.69) is 46.4 Å². The molecule has 2 saturated heterocycles. The predicted molar refractivity (Wildman–Crippen MR) is 89.7 cm³/mol. The first-order valence-electron chi connectivity index (χ1n) is 8.66. The van der Waals surface area contributed by atoms with Crippen LogP contribution in [0.1, 0.15) is 19.7 Å². The molecule has 0 saturated carbocycles. The Balaban J connectivity index is 1.66. The van der Waals surface area contributed by atoms with Crippen molar-refractivity contribution in [1.82, 2.24) is 19.4 Å². The molecule has 0 spiro atoms. The zero-order valence-electron chi connectivity index (χ0n) is 14.7. The van der Waals surface area contributed by atoms with Gasteiger partial charge in [0.05, 0.1) is 32.5 Å². The Morgan fingerprint density at radius 3 is 2.74 bits per heavy atom. The fraction of sp³-hybridized carbons (Fsp3) is 0.824. The van der Waals surface area contributed by atoms with Gasteiger partial charge in [0, 0.05) is 50.5 Å². The molecular weight excluding hydrogens is 292 g/mol. The molecule has 1 aromatic rings. The number of hydrogen-bond donors (Lipinski definition) is 0. The lowest BCUT2D eigenvalue weighted by molar-refractivity contribution is -0.0283. The highest BCUT2D eigenvalue weighted by atomic mass is 16.5. The van der Waals surface area contributed by atoms with Crippen molar-refractivity contribution >= 4 is 0 Å². The molecule has 1 aromatic heterocycles. The van der Waals surface area contributed by atoms with Gasteiger partial charge < -0.3 is 18.9 Å². The summed E-state index contributed by atoms with van der Waals surface area (Å²) in [4.78, 5) is 9.49. The van der Waals surface area contributed by atoms with E-state index in [0.29, 0.717) is 0 Å². The number of rotatable bonds is 5. The van der Waals surface area contributed by atoms with Gasteiger partial charge in [-0.1, -0.05) is 13.8 Å². The smallest absolute Gasteiger partial charge is 0.115 e. The third kappa shape index (κ3) is 4.32. The molecule has 23 heavy (non-hydrogen) atoms. The summed E-state index contributed by atoms with van der Waals surface area (Å²) in [6.45, 7) is 13.0. The summed E-state index contributed by atoms with van der Waals surface area (Å²) in [7, 11) is 2.16. The first kappa shape index (κ1) is 16.9. The zero-order chi connectivity index (χ0) is 16.3. The van der Waals surface area contributed by atoms with E-state index in [1.165, 1.54) is 0 Å². The molecule has 0 aromatic carbocycles. The van der Waals surface area contributed by atoms with Crippen molar-refractivity contribution in [3.8, 4) is 0 Å². The molecule has 1 atom stereocenters. The Bertz CT molecular complexity index is 497. The number of ether oxygens (including phenoxy) is 2. The minimum Gasteiger partial charge on any atom is -0.379 e. The summed E-state index contributed by atoms with van der Waals surface area (Å²) in [6, 6.07) is 0. The highest BCUT2D eigenvalue weighted by molar-refractivity contribution is 5.08. The van der Waals surface area contributed by atoms with Crippen molar-refractivity contribution < 1.29 is 9.47 Å². The van der Waals surface area contributed by atoms with E-state index >= 15 is 0 Å². The number of hydrogen-bond acceptors (Lipinski definition) is 5. The molecule has 2 aliphatic rings. The maximum absolute atomic E-state index is 5.92. The zero-order valence-corrected chi connectivity index (χ0v) is 14.7. The Hall–Kier alpha value is -0.950. The monoisotopic (exact) mass is 322 g/mol. The summed E-state index contributed by atoms with van der Waals surface area (Å²) in [5.41, 5.74) is 0.0153. The Morgan fingerprint density at radius 2 is 2.00 bits per heavy atom. The van der Waals surface area contributed by atoms with E-state index in [9.17, 15) is 0 Å². The van der Waals surface area contributed by atoms with E-state index < -0.39 is 0 Å². The van der Waals surface area contributed by atoms with Crippen molar-refractivity contribution in [2.45, 2.75) is 31.9 Å². The van der Waals surface area contributed by atoms with Crippen LogP contribution in [-0.4, -0.2) is 85.0 Å². The molecule has 3 rings (SSSR count). The van der Waals surface area contributed by atoms with Crippen LogP contribution in [-0.2, 0) is 21.4 Å². The molecule has 2 fully saturated rings. The second kappa shape index (κ2) is 7.30. The van der Waals surface area contributed by atoms with E-state index in [1.807, 2.05) is 6.20 Å². The van der Waals surface area contributed by atoms with Gasteiger partial charge in [-0.25, -0.2) is 4.98 Å². The number of likely N-dealkylation sites (N-methyl/N-ethyl adjacent to an activating group) is 1. The number of morpholine rings is 2. The average Bonchev–Trinajstić information content (AvgIpc) is 2.97. The fourth-order valence-corrected chi connectivity index (χ4v) is 3.63. The normalized spacial score (nSPS) is 24.9. The average molecular weight is 322 g/mol. The van der Waals surface area contributed by atoms with Gasteiger partial charge in [0.25, 0.3) is 0 Å². The Labute approximate surface area is 139 Å². The van der Waals surface area contributed by atoms with Crippen LogP contribution in [0.15, 0.2) is 12.4 Å². The van der Waals surface area contributed by atoms with Gasteiger partial charge in [0.1, 0.15) is 5.82 Å². The molecule has 6 nitrogen and oxygen atoms in total. The lowest BCUT2D eigenvalue weighted by atomic mass is 9.91. The molecule has 2 aliphatic heterocycles. The predicted octanol–water partition coefficient (Wildman–Crippen LogP) is 0.824. The van der Waals surface area contributed by atoms with Crippen LogP contribution >= 0.6 is 0 Å². The third-order valence-corrected chi connectivity index (χ3v) is 4.79. The molecular formula is C17H30N4O2. The number of nitrogens with zero attached hydrogens (tertiary/aromatic N) is 4. The van der Waals surface area contributed by atoms with E-state index in [4.69, 9.17) is 9.47 Å². The van der Waals surface area contributed by atoms with Crippen LogP contribution in [0.3, 0.4) is 0 Å². The quantitative estimate of drug-likeness (QED) is 0.803. The minimum absolute atomic E-state index is 0.0153. The highest BCUT2D eigenvalue weighted by Gasteiger charge is 2.30. The second-order valence-electron chi connectivity index (χ2n) is 7.43. The van der Waals surface area contributed by atoms with Gasteiger partial charge in [0.2, 0.25) is 0 Å². The summed E-state index contributed by atoms with van der Waals surface area (Å²) in [5, 5.41) is 0. The Kier molecular flexibility index (Phi) is 5.36. The van der Waals surface area contributed by atoms with Crippen molar-refractivity contribution in [3.63, 3.8) is 0 Å². The molecule has 0 N–H and O–H groups in total. The van der Waals surface area contributed by atoms with Crippen LogP contribution in [0, 0.1) is 0 Å². The molecule has 0 radical (unpaired) electrons. The molecule has 3 heterocycles. The van der Waals surface area contributed by atoms with Gasteiger partial charge in [-0.3, -0.25) is 4.90 Å². The second-order valence-corrected chi connectivity index (χ2v) is 7.43. The number of imidazole rings is 1. The number of aromatic nitrogens is 2. The highest BCUT2D eigenvalue weighted by Crippen LogP contribution is 2.24. The topological polar surface area (TPSA) is 42.8 Å². The molecule has 6 heteroatoms. The fourth-order valence-electron chi connectivity index (χ4n) is 3.63. The molecule has 130 valence electrons. The Morgan fingerprint density at radius 1 is 1.22 bits per heavy atom. The standard InChI is InChI=1S/C17H30N4O2/c1-17(2,14-20-7-9-22-10-8-20)16-18-4-5-21(16)13-15-12-19(3)6-11-23-15/h4-5,15H,6-14H2,1-3H3. The van der Waals surface area contributed by atoms with Gasteiger partial charge >= 0.3 is 0 Å². The van der Waals surface area contributed by atoms with Gasteiger partial charge in [-0.2, -0.15) is 0 Å². The van der Waals surface area contributed by atoms with Crippen LogP contribution in [0.4, 0.5) is 0 Å². The van der Waals surface area contributed by atoms with Crippen LogP contribution in [0.2, 0.25) is 0 Å². The van der Waals surface area contributed by atoms with E-state index in [1.54, 1.807) is 0 Å². The van der Waals surface area contributed by atoms with Crippen LogP contribution in [0.5, 0.6) is 0 Å². The largest absolute Gasteiger partial charge is 0.379 e. The molecule has 0 amide bonds. The molecule has 1 unspecified atom stereocenters. The molecule has 0 bridgehead atoms. The first-order valence-corrected chi connectivity index (χ1v) is 8.66. The summed E-state index contributed by atoms with van der Waals surface area (Å²) < 4.78 is 13.7. The molecule has 0 aliphatic carbocycles. The van der Waals surface area contributed by atoms with Crippen LogP contribution in [0.25, 0.3) is 0 Å².